The number of thiol groups is 1. The van der Waals surface area contributed by atoms with Crippen LogP contribution in [0.3, 0.4) is 0 Å². The van der Waals surface area contributed by atoms with Crippen molar-refractivity contribution < 1.29 is 16.8 Å². The Bertz CT molecular complexity index is 1470. The Hall–Kier alpha value is -3.25. The zero-order valence-electron chi connectivity index (χ0n) is 19.4. The molecule has 188 valence electrons. The molecule has 0 amide bonds. The molecular weight excluding hydrogens is 522 g/mol. The number of guanidine groups is 1. The molecule has 1 heterocycles. The lowest BCUT2D eigenvalue weighted by atomic mass is 9.90. The molecule has 2 unspecified atom stereocenters. The first kappa shape index (κ1) is 25.8. The van der Waals surface area contributed by atoms with E-state index in [9.17, 15) is 12.6 Å². The maximum Gasteiger partial charge on any atom is 0.285 e. The van der Waals surface area contributed by atoms with Crippen LogP contribution in [0.2, 0.25) is 5.02 Å². The van der Waals surface area contributed by atoms with E-state index in [-0.39, 0.29) is 16.8 Å². The Labute approximate surface area is 216 Å². The summed E-state index contributed by atoms with van der Waals surface area (Å²) in [5.74, 6) is -0.0639. The zero-order chi connectivity index (χ0) is 25.7. The number of hydrogen-bond acceptors (Lipinski definition) is 6. The van der Waals surface area contributed by atoms with Crippen molar-refractivity contribution >= 4 is 49.9 Å². The monoisotopic (exact) mass is 545 g/mol. The van der Waals surface area contributed by atoms with Crippen LogP contribution in [-0.2, 0) is 25.1 Å². The second-order valence-electron chi connectivity index (χ2n) is 7.69. The zero-order valence-corrected chi connectivity index (χ0v) is 21.9. The molecule has 0 aromatic heterocycles. The number of sulfonamides is 1. The highest BCUT2D eigenvalue weighted by Crippen LogP contribution is 2.30. The van der Waals surface area contributed by atoms with Crippen LogP contribution in [-0.4, -0.2) is 50.0 Å². The van der Waals surface area contributed by atoms with Crippen molar-refractivity contribution in [3.05, 3.63) is 95.0 Å². The van der Waals surface area contributed by atoms with E-state index in [2.05, 4.69) is 14.1 Å². The van der Waals surface area contributed by atoms with Gasteiger partial charge < -0.3 is 5.32 Å². The van der Waals surface area contributed by atoms with Gasteiger partial charge in [-0.05, 0) is 47.5 Å². The van der Waals surface area contributed by atoms with E-state index in [0.717, 1.165) is 16.8 Å². The molecule has 4 rings (SSSR count). The third-order valence-corrected chi connectivity index (χ3v) is 7.66. The van der Waals surface area contributed by atoms with E-state index in [1.54, 1.807) is 24.2 Å². The van der Waals surface area contributed by atoms with Gasteiger partial charge in [-0.2, -0.15) is 17.9 Å². The molecule has 1 N–H and O–H groups in total. The van der Waals surface area contributed by atoms with E-state index in [1.165, 1.54) is 31.4 Å². The van der Waals surface area contributed by atoms with Gasteiger partial charge >= 0.3 is 0 Å². The summed E-state index contributed by atoms with van der Waals surface area (Å²) in [6.45, 7) is 0.372. The van der Waals surface area contributed by atoms with Gasteiger partial charge in [0.15, 0.2) is 10.9 Å². The lowest BCUT2D eigenvalue weighted by molar-refractivity contribution is 0.453. The van der Waals surface area contributed by atoms with E-state index in [0.29, 0.717) is 17.3 Å². The molecule has 3 aromatic rings. The standard InChI is InChI=1S/C24H24ClN5O4S2/c1-26-24(29-36(32,33)21-14-10-19(25)11-15-21)30-16-22(17-6-4-3-5-7-17)23(27-30)18-8-12-20(13-9-18)28-35(31)34-2/h3-15,22,35H,16H2,1-2H3,(H,26,29). The van der Waals surface area contributed by atoms with Crippen molar-refractivity contribution in [1.29, 1.82) is 0 Å². The average Bonchev–Trinajstić information content (AvgIpc) is 3.34. The number of nitrogens with zero attached hydrogens (tertiary/aromatic N) is 4. The lowest BCUT2D eigenvalue weighted by Gasteiger charge is -2.18. The van der Waals surface area contributed by atoms with Crippen LogP contribution in [0.1, 0.15) is 17.0 Å². The second kappa shape index (κ2) is 11.2. The smallest absolute Gasteiger partial charge is 0.285 e. The Kier molecular flexibility index (Phi) is 8.04. The maximum atomic E-state index is 12.9. The van der Waals surface area contributed by atoms with Crippen molar-refractivity contribution in [3.8, 4) is 0 Å². The first-order chi connectivity index (χ1) is 17.3. The Balaban J connectivity index is 1.72. The highest BCUT2D eigenvalue weighted by atomic mass is 35.5. The summed E-state index contributed by atoms with van der Waals surface area (Å²) in [7, 11) is -3.21. The fourth-order valence-electron chi connectivity index (χ4n) is 3.67. The molecule has 0 radical (unpaired) electrons. The summed E-state index contributed by atoms with van der Waals surface area (Å²) in [5, 5.41) is 9.58. The molecule has 0 saturated heterocycles. The normalized spacial score (nSPS) is 17.2. The third-order valence-electron chi connectivity index (χ3n) is 5.42. The highest BCUT2D eigenvalue weighted by Gasteiger charge is 2.32. The predicted molar refractivity (Wildman–Crippen MR) is 143 cm³/mol. The summed E-state index contributed by atoms with van der Waals surface area (Å²) in [4.78, 5) is 0.0244. The van der Waals surface area contributed by atoms with E-state index in [1.807, 2.05) is 42.5 Å². The minimum absolute atomic E-state index is 0.0244. The molecule has 0 spiro atoms. The van der Waals surface area contributed by atoms with Crippen molar-refractivity contribution in [2.75, 3.05) is 20.7 Å². The topological polar surface area (TPSA) is 113 Å². The fourth-order valence-corrected chi connectivity index (χ4v) is 5.20. The van der Waals surface area contributed by atoms with Crippen molar-refractivity contribution in [2.45, 2.75) is 10.8 Å². The van der Waals surface area contributed by atoms with Crippen LogP contribution in [0.15, 0.2) is 97.6 Å². The molecular formula is C24H24ClN5O4S2. The highest BCUT2D eigenvalue weighted by molar-refractivity contribution is 7.90. The lowest BCUT2D eigenvalue weighted by Crippen LogP contribution is -2.36. The largest absolute Gasteiger partial charge is 0.357 e. The molecule has 36 heavy (non-hydrogen) atoms. The number of rotatable bonds is 6. The SMILES string of the molecule is CN/C(=N\S(=O)(=O)c1ccc(Cl)cc1)N1CC(c2ccccc2)C(c2ccc(N=[SH](=O)OC)cc2)=N1. The number of hydrazone groups is 1. The van der Waals surface area contributed by atoms with Crippen LogP contribution in [0, 0.1) is 0 Å². The molecule has 0 aliphatic carbocycles. The van der Waals surface area contributed by atoms with Crippen molar-refractivity contribution in [3.63, 3.8) is 0 Å². The van der Waals surface area contributed by atoms with Gasteiger partial charge in [0, 0.05) is 18.0 Å². The van der Waals surface area contributed by atoms with Gasteiger partial charge in [-0.25, -0.2) is 9.22 Å². The third kappa shape index (κ3) is 5.93. The molecule has 12 heteroatoms. The second-order valence-corrected chi connectivity index (χ2v) is 10.8. The fraction of sp³-hybridized carbons (Fsp3) is 0.167. The molecule has 0 bridgehead atoms. The minimum atomic E-state index is -4.01. The van der Waals surface area contributed by atoms with Gasteiger partial charge in [0.2, 0.25) is 5.96 Å². The van der Waals surface area contributed by atoms with Gasteiger partial charge in [0.25, 0.3) is 10.0 Å². The van der Waals surface area contributed by atoms with E-state index < -0.39 is 20.9 Å². The van der Waals surface area contributed by atoms with E-state index >= 15 is 0 Å². The van der Waals surface area contributed by atoms with Crippen LogP contribution in [0.4, 0.5) is 5.69 Å². The van der Waals surface area contributed by atoms with Gasteiger partial charge in [0.1, 0.15) is 0 Å². The molecule has 9 nitrogen and oxygen atoms in total. The van der Waals surface area contributed by atoms with Gasteiger partial charge in [-0.3, -0.25) is 4.18 Å². The number of hydrogen-bond donors (Lipinski definition) is 2. The molecule has 2 atom stereocenters. The average molecular weight is 546 g/mol. The predicted octanol–water partition coefficient (Wildman–Crippen LogP) is 3.97. The summed E-state index contributed by atoms with van der Waals surface area (Å²) in [6.07, 6.45) is 0. The molecule has 3 aromatic carbocycles. The number of halogens is 1. The van der Waals surface area contributed by atoms with Crippen molar-refractivity contribution in [1.82, 2.24) is 10.3 Å². The quantitative estimate of drug-likeness (QED) is 0.275. The summed E-state index contributed by atoms with van der Waals surface area (Å²) in [6, 6.07) is 22.7. The van der Waals surface area contributed by atoms with Gasteiger partial charge in [0.05, 0.1) is 29.9 Å². The molecule has 1 aliphatic rings. The summed E-state index contributed by atoms with van der Waals surface area (Å²) < 4.78 is 50.2. The van der Waals surface area contributed by atoms with Crippen LogP contribution in [0.25, 0.3) is 0 Å². The number of nitrogens with one attached hydrogen (secondary N) is 1. The minimum Gasteiger partial charge on any atom is -0.357 e. The first-order valence-electron chi connectivity index (χ1n) is 10.8. The van der Waals surface area contributed by atoms with Crippen LogP contribution in [0.5, 0.6) is 0 Å². The van der Waals surface area contributed by atoms with Crippen LogP contribution >= 0.6 is 11.6 Å². The molecule has 0 fully saturated rings. The van der Waals surface area contributed by atoms with E-state index in [4.69, 9.17) is 20.9 Å². The Morgan fingerprint density at radius 2 is 1.75 bits per heavy atom. The molecule has 1 aliphatic heterocycles. The van der Waals surface area contributed by atoms with Gasteiger partial charge in [-0.15, -0.1) is 4.40 Å². The Morgan fingerprint density at radius 1 is 1.08 bits per heavy atom. The van der Waals surface area contributed by atoms with Crippen LogP contribution < -0.4 is 5.32 Å². The Morgan fingerprint density at radius 3 is 2.36 bits per heavy atom. The number of benzene rings is 3. The first-order valence-corrected chi connectivity index (χ1v) is 13.8. The van der Waals surface area contributed by atoms with Crippen molar-refractivity contribution in [2.24, 2.45) is 13.9 Å². The summed E-state index contributed by atoms with van der Waals surface area (Å²) >= 11 is 5.89. The summed E-state index contributed by atoms with van der Waals surface area (Å²) in [5.41, 5.74) is 3.08. The maximum absolute atomic E-state index is 12.9. The molecule has 0 saturated carbocycles. The van der Waals surface area contributed by atoms with Gasteiger partial charge in [-0.1, -0.05) is 54.1 Å².